The number of fused-ring (bicyclic) bond motifs is 1. The summed E-state index contributed by atoms with van der Waals surface area (Å²) in [6.45, 7) is 3.01. The van der Waals surface area contributed by atoms with Crippen LogP contribution in [0.5, 0.6) is 0 Å². The summed E-state index contributed by atoms with van der Waals surface area (Å²) in [7, 11) is 0. The van der Waals surface area contributed by atoms with Crippen LogP contribution in [-0.4, -0.2) is 23.5 Å². The van der Waals surface area contributed by atoms with Crippen molar-refractivity contribution < 1.29 is 9.53 Å². The van der Waals surface area contributed by atoms with Crippen LogP contribution < -0.4 is 5.32 Å². The number of para-hydroxylation sites is 1. The van der Waals surface area contributed by atoms with Gasteiger partial charge in [-0.15, -0.1) is 0 Å². The maximum Gasteiger partial charge on any atom is 0.323 e. The smallest absolute Gasteiger partial charge is 0.323 e. The molecule has 0 saturated carbocycles. The molecular formula is C20H22N2O2. The molecule has 0 unspecified atom stereocenters. The lowest BCUT2D eigenvalue weighted by atomic mass is 10.0. The first-order valence-electron chi connectivity index (χ1n) is 8.27. The first-order chi connectivity index (χ1) is 11.8. The topological polar surface area (TPSA) is 54.1 Å². The van der Waals surface area contributed by atoms with Crippen molar-refractivity contribution in [3.8, 4) is 0 Å². The number of carbonyl (C=O) groups is 1. The second-order valence-electron chi connectivity index (χ2n) is 5.77. The van der Waals surface area contributed by atoms with E-state index >= 15 is 0 Å². The number of rotatable bonds is 7. The molecule has 0 aliphatic heterocycles. The van der Waals surface area contributed by atoms with Gasteiger partial charge in [0.25, 0.3) is 0 Å². The van der Waals surface area contributed by atoms with Crippen LogP contribution in [0.4, 0.5) is 0 Å². The minimum atomic E-state index is -0.349. The summed E-state index contributed by atoms with van der Waals surface area (Å²) in [6, 6.07) is 17.5. The van der Waals surface area contributed by atoms with Gasteiger partial charge < -0.3 is 15.0 Å². The van der Waals surface area contributed by atoms with Gasteiger partial charge in [0.1, 0.15) is 12.6 Å². The summed E-state index contributed by atoms with van der Waals surface area (Å²) >= 11 is 0. The second-order valence-corrected chi connectivity index (χ2v) is 5.77. The molecule has 1 heterocycles. The van der Waals surface area contributed by atoms with E-state index in [-0.39, 0.29) is 12.0 Å². The normalized spacial score (nSPS) is 12.2. The van der Waals surface area contributed by atoms with Crippen LogP contribution in [0.25, 0.3) is 10.9 Å². The molecule has 0 aliphatic carbocycles. The van der Waals surface area contributed by atoms with Crippen LogP contribution in [0.3, 0.4) is 0 Å². The lowest BCUT2D eigenvalue weighted by Gasteiger charge is -2.16. The third-order valence-electron chi connectivity index (χ3n) is 4.06. The van der Waals surface area contributed by atoms with Crippen LogP contribution in [-0.2, 0) is 22.6 Å². The lowest BCUT2D eigenvalue weighted by Crippen LogP contribution is -2.39. The highest BCUT2D eigenvalue weighted by atomic mass is 16.5. The van der Waals surface area contributed by atoms with Crippen LogP contribution in [0, 0.1) is 0 Å². The largest absolute Gasteiger partial charge is 0.460 e. The summed E-state index contributed by atoms with van der Waals surface area (Å²) in [5.74, 6) is -0.217. The fourth-order valence-corrected chi connectivity index (χ4v) is 2.83. The van der Waals surface area contributed by atoms with Crippen molar-refractivity contribution in [3.05, 3.63) is 71.9 Å². The number of benzene rings is 2. The van der Waals surface area contributed by atoms with Gasteiger partial charge in [-0.2, -0.15) is 0 Å². The number of hydrogen-bond acceptors (Lipinski definition) is 3. The van der Waals surface area contributed by atoms with Gasteiger partial charge in [-0.05, 0) is 23.7 Å². The van der Waals surface area contributed by atoms with Gasteiger partial charge in [0, 0.05) is 23.5 Å². The van der Waals surface area contributed by atoms with E-state index in [0.717, 1.165) is 22.0 Å². The molecule has 0 saturated heterocycles. The Morgan fingerprint density at radius 3 is 2.67 bits per heavy atom. The molecule has 0 fully saturated rings. The molecule has 0 bridgehead atoms. The predicted octanol–water partition coefficient (Wildman–Crippen LogP) is 3.43. The predicted molar refractivity (Wildman–Crippen MR) is 95.7 cm³/mol. The molecular weight excluding hydrogens is 300 g/mol. The average molecular weight is 322 g/mol. The number of esters is 1. The van der Waals surface area contributed by atoms with Crippen molar-refractivity contribution >= 4 is 16.9 Å². The van der Waals surface area contributed by atoms with Crippen molar-refractivity contribution in [2.24, 2.45) is 0 Å². The Hall–Kier alpha value is -2.59. The van der Waals surface area contributed by atoms with Crippen molar-refractivity contribution in [1.29, 1.82) is 0 Å². The number of nitrogens with one attached hydrogen (secondary N) is 2. The maximum absolute atomic E-state index is 12.5. The Bertz CT molecular complexity index is 796. The standard InChI is InChI=1S/C20H22N2O2/c1-2-21-19(20(23)24-14-15-8-4-3-5-9-15)12-16-13-22-18-11-7-6-10-17(16)18/h3-11,13,19,21-22H,2,12,14H2,1H3/t19-/m0/s1. The number of carbonyl (C=O) groups excluding carboxylic acids is 1. The Morgan fingerprint density at radius 2 is 1.88 bits per heavy atom. The molecule has 1 atom stereocenters. The van der Waals surface area contributed by atoms with Gasteiger partial charge in [-0.1, -0.05) is 55.5 Å². The van der Waals surface area contributed by atoms with E-state index in [4.69, 9.17) is 4.74 Å². The van der Waals surface area contributed by atoms with E-state index in [0.29, 0.717) is 19.6 Å². The summed E-state index contributed by atoms with van der Waals surface area (Å²) in [5.41, 5.74) is 3.20. The van der Waals surface area contributed by atoms with Crippen LogP contribution >= 0.6 is 0 Å². The first-order valence-corrected chi connectivity index (χ1v) is 8.27. The fourth-order valence-electron chi connectivity index (χ4n) is 2.83. The van der Waals surface area contributed by atoms with Gasteiger partial charge in [0.15, 0.2) is 0 Å². The van der Waals surface area contributed by atoms with Crippen molar-refractivity contribution in [1.82, 2.24) is 10.3 Å². The molecule has 0 spiro atoms. The molecule has 0 amide bonds. The van der Waals surface area contributed by atoms with Gasteiger partial charge >= 0.3 is 5.97 Å². The Morgan fingerprint density at radius 1 is 1.12 bits per heavy atom. The molecule has 0 radical (unpaired) electrons. The fraction of sp³-hybridized carbons (Fsp3) is 0.250. The minimum Gasteiger partial charge on any atom is -0.460 e. The quantitative estimate of drug-likeness (QED) is 0.655. The van der Waals surface area contributed by atoms with E-state index in [1.54, 1.807) is 0 Å². The highest BCUT2D eigenvalue weighted by molar-refractivity contribution is 5.84. The van der Waals surface area contributed by atoms with E-state index in [1.165, 1.54) is 0 Å². The number of H-pyrrole nitrogens is 1. The molecule has 124 valence electrons. The van der Waals surface area contributed by atoms with E-state index in [1.807, 2.05) is 61.7 Å². The zero-order chi connectivity index (χ0) is 16.8. The summed E-state index contributed by atoms with van der Waals surface area (Å²) in [6.07, 6.45) is 2.57. The number of ether oxygens (including phenoxy) is 1. The summed E-state index contributed by atoms with van der Waals surface area (Å²) in [5, 5.41) is 4.38. The van der Waals surface area contributed by atoms with Crippen LogP contribution in [0.15, 0.2) is 60.8 Å². The van der Waals surface area contributed by atoms with Gasteiger partial charge in [0.2, 0.25) is 0 Å². The van der Waals surface area contributed by atoms with Crippen molar-refractivity contribution in [2.45, 2.75) is 26.0 Å². The maximum atomic E-state index is 12.5. The highest BCUT2D eigenvalue weighted by Crippen LogP contribution is 2.19. The molecule has 0 aliphatic rings. The van der Waals surface area contributed by atoms with Crippen LogP contribution in [0.2, 0.25) is 0 Å². The van der Waals surface area contributed by atoms with Crippen LogP contribution in [0.1, 0.15) is 18.1 Å². The average Bonchev–Trinajstić information content (AvgIpc) is 3.03. The Balaban J connectivity index is 1.68. The number of hydrogen-bond donors (Lipinski definition) is 2. The lowest BCUT2D eigenvalue weighted by molar-refractivity contribution is -0.147. The third-order valence-corrected chi connectivity index (χ3v) is 4.06. The molecule has 3 rings (SSSR count). The van der Waals surface area contributed by atoms with Gasteiger partial charge in [-0.25, -0.2) is 0 Å². The molecule has 2 aromatic carbocycles. The van der Waals surface area contributed by atoms with Crippen molar-refractivity contribution in [2.75, 3.05) is 6.54 Å². The Kier molecular flexibility index (Phi) is 5.29. The molecule has 2 N–H and O–H groups in total. The molecule has 4 heteroatoms. The number of likely N-dealkylation sites (N-methyl/N-ethyl adjacent to an activating group) is 1. The molecule has 3 aromatic rings. The third kappa shape index (κ3) is 3.84. The highest BCUT2D eigenvalue weighted by Gasteiger charge is 2.21. The molecule has 1 aromatic heterocycles. The van der Waals surface area contributed by atoms with Crippen molar-refractivity contribution in [3.63, 3.8) is 0 Å². The van der Waals surface area contributed by atoms with Gasteiger partial charge in [-0.3, -0.25) is 4.79 Å². The second kappa shape index (κ2) is 7.79. The summed E-state index contributed by atoms with van der Waals surface area (Å²) < 4.78 is 5.49. The molecule has 4 nitrogen and oxygen atoms in total. The van der Waals surface area contributed by atoms with E-state index in [2.05, 4.69) is 16.4 Å². The zero-order valence-electron chi connectivity index (χ0n) is 13.8. The van der Waals surface area contributed by atoms with E-state index in [9.17, 15) is 4.79 Å². The first kappa shape index (κ1) is 16.3. The zero-order valence-corrected chi connectivity index (χ0v) is 13.8. The van der Waals surface area contributed by atoms with Gasteiger partial charge in [0.05, 0.1) is 0 Å². The minimum absolute atomic E-state index is 0.217. The Labute approximate surface area is 141 Å². The SMILES string of the molecule is CCN[C@@H](Cc1c[nH]c2ccccc12)C(=O)OCc1ccccc1. The molecule has 24 heavy (non-hydrogen) atoms. The van der Waals surface area contributed by atoms with E-state index < -0.39 is 0 Å². The monoisotopic (exact) mass is 322 g/mol. The number of aromatic amines is 1. The summed E-state index contributed by atoms with van der Waals surface area (Å²) in [4.78, 5) is 15.7. The number of aromatic nitrogens is 1.